The summed E-state index contributed by atoms with van der Waals surface area (Å²) in [5.41, 5.74) is 2.60. The topological polar surface area (TPSA) is 61.9 Å². The van der Waals surface area contributed by atoms with E-state index in [1.54, 1.807) is 6.92 Å². The number of alkyl halides is 1. The van der Waals surface area contributed by atoms with Crippen molar-refractivity contribution in [2.24, 2.45) is 0 Å². The summed E-state index contributed by atoms with van der Waals surface area (Å²) in [6.45, 7) is 3.34. The molecule has 0 bridgehead atoms. The number of hydrogen-bond donors (Lipinski definition) is 1. The van der Waals surface area contributed by atoms with Gasteiger partial charge in [-0.25, -0.2) is 0 Å². The highest BCUT2D eigenvalue weighted by Crippen LogP contribution is 2.27. The highest BCUT2D eigenvalue weighted by Gasteiger charge is 2.25. The first-order chi connectivity index (χ1) is 14.3. The molecule has 0 radical (unpaired) electrons. The molecule has 1 saturated heterocycles. The Morgan fingerprint density at radius 1 is 1.33 bits per heavy atom. The number of carbonyl (C=O) groups is 2. The fourth-order valence-corrected chi connectivity index (χ4v) is 4.23. The minimum atomic E-state index is -0.626. The number of benzene rings is 1. The van der Waals surface area contributed by atoms with E-state index in [0.29, 0.717) is 23.7 Å². The molecule has 0 spiro atoms. The van der Waals surface area contributed by atoms with Crippen molar-refractivity contribution < 1.29 is 14.3 Å². The molecule has 6 nitrogen and oxygen atoms in total. The fourth-order valence-electron chi connectivity index (χ4n) is 3.48. The predicted octanol–water partition coefficient (Wildman–Crippen LogP) is 4.20. The monoisotopic (exact) mass is 449 g/mol. The summed E-state index contributed by atoms with van der Waals surface area (Å²) in [6.07, 6.45) is 2.03. The quantitative estimate of drug-likeness (QED) is 0.613. The average Bonchev–Trinajstić information content (AvgIpc) is 3.41. The van der Waals surface area contributed by atoms with Gasteiger partial charge in [-0.05, 0) is 55.0 Å². The van der Waals surface area contributed by atoms with Crippen molar-refractivity contribution in [3.63, 3.8) is 0 Å². The number of nitrogens with zero attached hydrogens (tertiary/aromatic N) is 2. The predicted molar refractivity (Wildman–Crippen MR) is 123 cm³/mol. The summed E-state index contributed by atoms with van der Waals surface area (Å²) in [5, 5.41) is 4.12. The molecule has 0 saturated carbocycles. The van der Waals surface area contributed by atoms with Gasteiger partial charge in [-0.3, -0.25) is 9.59 Å². The van der Waals surface area contributed by atoms with Gasteiger partial charge in [-0.15, -0.1) is 22.9 Å². The smallest absolute Gasteiger partial charge is 0.264 e. The first-order valence-corrected chi connectivity index (χ1v) is 11.4. The summed E-state index contributed by atoms with van der Waals surface area (Å²) >= 11 is 7.33. The van der Waals surface area contributed by atoms with E-state index in [4.69, 9.17) is 16.3 Å². The van der Waals surface area contributed by atoms with Crippen LogP contribution in [0.5, 0.6) is 0 Å². The summed E-state index contributed by atoms with van der Waals surface area (Å²) in [4.78, 5) is 29.8. The van der Waals surface area contributed by atoms with E-state index in [9.17, 15) is 9.59 Å². The van der Waals surface area contributed by atoms with E-state index in [2.05, 4.69) is 5.32 Å². The van der Waals surface area contributed by atoms with E-state index < -0.39 is 5.38 Å². The molecule has 162 valence electrons. The number of carbonyl (C=O) groups excluding carboxylic acids is 2. The molecule has 1 fully saturated rings. The minimum Gasteiger partial charge on any atom is -0.377 e. The Hall–Kier alpha value is -2.09. The third-order valence-electron chi connectivity index (χ3n) is 5.02. The van der Waals surface area contributed by atoms with E-state index in [1.165, 1.54) is 11.3 Å². The molecule has 30 heavy (non-hydrogen) atoms. The van der Waals surface area contributed by atoms with Crippen LogP contribution in [0.1, 0.15) is 35.0 Å². The molecule has 0 unspecified atom stereocenters. The van der Waals surface area contributed by atoms with Gasteiger partial charge in [0.1, 0.15) is 5.38 Å². The largest absolute Gasteiger partial charge is 0.377 e. The van der Waals surface area contributed by atoms with E-state index in [-0.39, 0.29) is 17.9 Å². The lowest BCUT2D eigenvalue weighted by Crippen LogP contribution is -2.37. The fraction of sp³-hybridized carbons (Fsp3) is 0.455. The van der Waals surface area contributed by atoms with Crippen LogP contribution in [0.3, 0.4) is 0 Å². The van der Waals surface area contributed by atoms with Crippen molar-refractivity contribution in [2.45, 2.75) is 37.8 Å². The molecule has 1 aromatic heterocycles. The van der Waals surface area contributed by atoms with Crippen LogP contribution in [0, 0.1) is 0 Å². The summed E-state index contributed by atoms with van der Waals surface area (Å²) in [7, 11) is 3.92. The van der Waals surface area contributed by atoms with Crippen LogP contribution in [0.2, 0.25) is 0 Å². The lowest BCUT2D eigenvalue weighted by Gasteiger charge is -2.28. The normalized spacial score (nSPS) is 16.9. The second-order valence-electron chi connectivity index (χ2n) is 7.64. The van der Waals surface area contributed by atoms with Crippen molar-refractivity contribution in [1.82, 2.24) is 4.90 Å². The highest BCUT2D eigenvalue weighted by atomic mass is 35.5. The lowest BCUT2D eigenvalue weighted by molar-refractivity contribution is -0.115. The van der Waals surface area contributed by atoms with Gasteiger partial charge in [0.2, 0.25) is 5.91 Å². The Kier molecular flexibility index (Phi) is 7.75. The molecular weight excluding hydrogens is 422 g/mol. The molecule has 3 rings (SSSR count). The third kappa shape index (κ3) is 5.74. The number of thiophene rings is 1. The first kappa shape index (κ1) is 22.6. The van der Waals surface area contributed by atoms with Gasteiger partial charge >= 0.3 is 0 Å². The highest BCUT2D eigenvalue weighted by molar-refractivity contribution is 7.12. The van der Waals surface area contributed by atoms with E-state index >= 15 is 0 Å². The van der Waals surface area contributed by atoms with Gasteiger partial charge in [0.05, 0.1) is 11.0 Å². The van der Waals surface area contributed by atoms with Crippen LogP contribution in [-0.2, 0) is 16.1 Å². The van der Waals surface area contributed by atoms with Gasteiger partial charge in [0.25, 0.3) is 5.91 Å². The SMILES string of the molecule is C[C@H](Cl)C(=O)Nc1ccc(N(C)C)c(CN(C[C@@H]2CCCO2)C(=O)c2cccs2)c1. The number of ether oxygens (including phenoxy) is 1. The Labute approximate surface area is 186 Å². The van der Waals surface area contributed by atoms with Gasteiger partial charge < -0.3 is 19.9 Å². The molecule has 8 heteroatoms. The van der Waals surface area contributed by atoms with Gasteiger partial charge in [-0.2, -0.15) is 0 Å². The van der Waals surface area contributed by atoms with Gasteiger partial charge in [0, 0.05) is 45.2 Å². The molecular formula is C22H28ClN3O3S. The molecule has 2 heterocycles. The number of nitrogens with one attached hydrogen (secondary N) is 1. The summed E-state index contributed by atoms with van der Waals surface area (Å²) < 4.78 is 5.80. The van der Waals surface area contributed by atoms with Crippen molar-refractivity contribution >= 4 is 46.1 Å². The summed E-state index contributed by atoms with van der Waals surface area (Å²) in [5.74, 6) is -0.264. The van der Waals surface area contributed by atoms with Crippen LogP contribution in [0.4, 0.5) is 11.4 Å². The molecule has 2 amide bonds. The van der Waals surface area contributed by atoms with Crippen molar-refractivity contribution in [3.05, 3.63) is 46.2 Å². The number of amides is 2. The van der Waals surface area contributed by atoms with E-state index in [1.807, 2.05) is 59.6 Å². The Morgan fingerprint density at radius 2 is 2.13 bits per heavy atom. The number of anilines is 2. The molecule has 2 aromatic rings. The Morgan fingerprint density at radius 3 is 2.73 bits per heavy atom. The lowest BCUT2D eigenvalue weighted by atomic mass is 10.1. The minimum absolute atomic E-state index is 0.00553. The number of halogens is 1. The zero-order valence-corrected chi connectivity index (χ0v) is 19.1. The van der Waals surface area contributed by atoms with Gasteiger partial charge in [0.15, 0.2) is 0 Å². The van der Waals surface area contributed by atoms with Crippen LogP contribution in [-0.4, -0.2) is 55.4 Å². The van der Waals surface area contributed by atoms with Crippen LogP contribution in [0.15, 0.2) is 35.7 Å². The molecule has 2 atom stereocenters. The van der Waals surface area contributed by atoms with E-state index in [0.717, 1.165) is 30.7 Å². The average molecular weight is 450 g/mol. The second-order valence-corrected chi connectivity index (χ2v) is 9.24. The van der Waals surface area contributed by atoms with Crippen LogP contribution >= 0.6 is 22.9 Å². The second kappa shape index (κ2) is 10.3. The molecule has 1 N–H and O–H groups in total. The summed E-state index contributed by atoms with van der Waals surface area (Å²) in [6, 6.07) is 9.44. The first-order valence-electron chi connectivity index (χ1n) is 10.0. The molecule has 1 aromatic carbocycles. The van der Waals surface area contributed by atoms with Crippen LogP contribution in [0.25, 0.3) is 0 Å². The van der Waals surface area contributed by atoms with Crippen LogP contribution < -0.4 is 10.2 Å². The maximum absolute atomic E-state index is 13.2. The van der Waals surface area contributed by atoms with Gasteiger partial charge in [-0.1, -0.05) is 6.07 Å². The Bertz CT molecular complexity index is 865. The molecule has 1 aliphatic rings. The van der Waals surface area contributed by atoms with Crippen molar-refractivity contribution in [1.29, 1.82) is 0 Å². The third-order valence-corrected chi connectivity index (χ3v) is 6.07. The zero-order chi connectivity index (χ0) is 21.7. The number of hydrogen-bond acceptors (Lipinski definition) is 5. The number of rotatable bonds is 8. The van der Waals surface area contributed by atoms with Crippen molar-refractivity contribution in [2.75, 3.05) is 37.5 Å². The molecule has 0 aliphatic carbocycles. The molecule has 1 aliphatic heterocycles. The maximum Gasteiger partial charge on any atom is 0.264 e. The zero-order valence-electron chi connectivity index (χ0n) is 17.6. The Balaban J connectivity index is 1.88. The standard InChI is InChI=1S/C22H28ClN3O3S/c1-15(23)21(27)24-17-8-9-19(25(2)3)16(12-17)13-26(14-18-6-4-10-29-18)22(28)20-7-5-11-30-20/h5,7-9,11-12,15,18H,4,6,10,13-14H2,1-3H3,(H,24,27)/t15-,18-/m0/s1. The van der Waals surface area contributed by atoms with Crippen molar-refractivity contribution in [3.8, 4) is 0 Å². The maximum atomic E-state index is 13.2.